The second-order valence-electron chi connectivity index (χ2n) is 6.76. The van der Waals surface area contributed by atoms with Gasteiger partial charge in [-0.1, -0.05) is 55.5 Å². The van der Waals surface area contributed by atoms with E-state index in [-0.39, 0.29) is 11.3 Å². The zero-order valence-corrected chi connectivity index (χ0v) is 14.1. The van der Waals surface area contributed by atoms with E-state index in [2.05, 4.69) is 36.2 Å². The van der Waals surface area contributed by atoms with Gasteiger partial charge in [0.1, 0.15) is 16.6 Å². The maximum absolute atomic E-state index is 14.0. The van der Waals surface area contributed by atoms with Crippen molar-refractivity contribution in [2.75, 3.05) is 0 Å². The van der Waals surface area contributed by atoms with Crippen LogP contribution < -0.4 is 0 Å². The lowest BCUT2D eigenvalue weighted by atomic mass is 10.0. The van der Waals surface area contributed by atoms with Gasteiger partial charge in [-0.2, -0.15) is 0 Å². The van der Waals surface area contributed by atoms with E-state index in [1.807, 2.05) is 18.2 Å². The van der Waals surface area contributed by atoms with Crippen molar-refractivity contribution >= 4 is 11.3 Å². The first-order valence-electron chi connectivity index (χ1n) is 7.82. The summed E-state index contributed by atoms with van der Waals surface area (Å²) in [7, 11) is 0. The molecule has 24 heavy (non-hydrogen) atoms. The Balaban J connectivity index is 1.66. The first-order valence-corrected chi connectivity index (χ1v) is 8.64. The molecule has 4 rings (SSSR count). The summed E-state index contributed by atoms with van der Waals surface area (Å²) in [4.78, 5) is 0. The van der Waals surface area contributed by atoms with Gasteiger partial charge in [0.25, 0.3) is 0 Å². The van der Waals surface area contributed by atoms with Crippen molar-refractivity contribution in [2.24, 2.45) is 5.41 Å². The van der Waals surface area contributed by atoms with Gasteiger partial charge in [-0.3, -0.25) is 0 Å². The lowest BCUT2D eigenvalue weighted by Crippen LogP contribution is -1.90. The fourth-order valence-electron chi connectivity index (χ4n) is 3.51. The van der Waals surface area contributed by atoms with Gasteiger partial charge in [-0.15, -0.1) is 10.2 Å². The molecule has 2 atom stereocenters. The Morgan fingerprint density at radius 2 is 1.71 bits per heavy atom. The molecule has 1 aliphatic rings. The second kappa shape index (κ2) is 5.45. The second-order valence-corrected chi connectivity index (χ2v) is 7.77. The molecule has 0 spiro atoms. The molecule has 0 N–H and O–H groups in total. The maximum Gasteiger partial charge on any atom is 0.150 e. The van der Waals surface area contributed by atoms with Crippen LogP contribution in [0.25, 0.3) is 10.6 Å². The zero-order valence-electron chi connectivity index (χ0n) is 13.3. The topological polar surface area (TPSA) is 25.8 Å². The third-order valence-corrected chi connectivity index (χ3v) is 5.89. The molecule has 122 valence electrons. The molecule has 0 bridgehead atoms. The van der Waals surface area contributed by atoms with Crippen LogP contribution in [-0.2, 0) is 0 Å². The Morgan fingerprint density at radius 1 is 0.958 bits per heavy atom. The molecule has 3 aromatic rings. The fourth-order valence-corrected chi connectivity index (χ4v) is 4.72. The number of rotatable bonds is 3. The van der Waals surface area contributed by atoms with E-state index in [4.69, 9.17) is 0 Å². The normalized spacial score (nSPS) is 21.7. The van der Waals surface area contributed by atoms with Crippen molar-refractivity contribution in [1.29, 1.82) is 0 Å². The quantitative estimate of drug-likeness (QED) is 0.638. The highest BCUT2D eigenvalue weighted by Gasteiger charge is 2.60. The lowest BCUT2D eigenvalue weighted by molar-refractivity contribution is 0.585. The third-order valence-electron chi connectivity index (χ3n) is 4.85. The Kier molecular flexibility index (Phi) is 3.49. The van der Waals surface area contributed by atoms with Gasteiger partial charge in [0, 0.05) is 17.5 Å². The molecule has 2 aromatic carbocycles. The van der Waals surface area contributed by atoms with Gasteiger partial charge in [-0.25, -0.2) is 8.78 Å². The van der Waals surface area contributed by atoms with Crippen LogP contribution in [0.15, 0.2) is 48.5 Å². The summed E-state index contributed by atoms with van der Waals surface area (Å²) < 4.78 is 27.0. The van der Waals surface area contributed by atoms with E-state index in [0.717, 1.165) is 11.1 Å². The van der Waals surface area contributed by atoms with E-state index in [9.17, 15) is 8.78 Å². The van der Waals surface area contributed by atoms with Gasteiger partial charge in [0.2, 0.25) is 0 Å². The average Bonchev–Trinajstić information content (AvgIpc) is 2.90. The Bertz CT molecular complexity index is 889. The van der Waals surface area contributed by atoms with Crippen molar-refractivity contribution in [2.45, 2.75) is 25.7 Å². The van der Waals surface area contributed by atoms with E-state index < -0.39 is 11.6 Å². The predicted octanol–water partition coefficient (Wildman–Crippen LogP) is 5.39. The minimum Gasteiger partial charge on any atom is -0.207 e. The van der Waals surface area contributed by atoms with Gasteiger partial charge in [-0.05, 0) is 29.0 Å². The highest BCUT2D eigenvalue weighted by atomic mass is 32.1. The van der Waals surface area contributed by atoms with Crippen molar-refractivity contribution in [3.8, 4) is 10.6 Å². The standard InChI is InChI=1S/C19H16F2N2S/c1-19(2)15(11-6-4-3-5-7-11)16(19)18-23-22-17(24-18)13-9-8-12(20)10-14(13)21/h3-10,15-16H,1-2H3/t15-,16+/m1/s1. The van der Waals surface area contributed by atoms with Crippen LogP contribution in [0.3, 0.4) is 0 Å². The summed E-state index contributed by atoms with van der Waals surface area (Å²) in [6.45, 7) is 4.43. The van der Waals surface area contributed by atoms with Gasteiger partial charge in [0.15, 0.2) is 5.01 Å². The predicted molar refractivity (Wildman–Crippen MR) is 91.0 cm³/mol. The summed E-state index contributed by atoms with van der Waals surface area (Å²) in [6, 6.07) is 13.9. The zero-order chi connectivity index (χ0) is 16.9. The number of nitrogens with zero attached hydrogens (tertiary/aromatic N) is 2. The Labute approximate surface area is 143 Å². The van der Waals surface area contributed by atoms with Crippen molar-refractivity contribution in [3.05, 3.63) is 70.7 Å². The molecule has 1 aromatic heterocycles. The monoisotopic (exact) mass is 342 g/mol. The molecular weight excluding hydrogens is 326 g/mol. The van der Waals surface area contributed by atoms with E-state index in [1.54, 1.807) is 0 Å². The minimum absolute atomic E-state index is 0.0967. The smallest absolute Gasteiger partial charge is 0.150 e. The maximum atomic E-state index is 14.0. The minimum atomic E-state index is -0.604. The SMILES string of the molecule is CC1(C)[C@H](c2ccccc2)[C@H]1c1nnc(-c2ccc(F)cc2F)s1. The molecule has 0 unspecified atom stereocenters. The van der Waals surface area contributed by atoms with E-state index >= 15 is 0 Å². The molecule has 0 radical (unpaired) electrons. The van der Waals surface area contributed by atoms with E-state index in [1.165, 1.54) is 29.0 Å². The van der Waals surface area contributed by atoms with Gasteiger partial charge < -0.3 is 0 Å². The Hall–Kier alpha value is -2.14. The van der Waals surface area contributed by atoms with Crippen LogP contribution in [-0.4, -0.2) is 10.2 Å². The molecule has 0 amide bonds. The molecule has 5 heteroatoms. The van der Waals surface area contributed by atoms with E-state index in [0.29, 0.717) is 16.5 Å². The lowest BCUT2D eigenvalue weighted by Gasteiger charge is -2.01. The summed E-state index contributed by atoms with van der Waals surface area (Å²) in [5.41, 5.74) is 1.69. The van der Waals surface area contributed by atoms with Gasteiger partial charge >= 0.3 is 0 Å². The number of benzene rings is 2. The first kappa shape index (κ1) is 15.4. The molecule has 1 aliphatic carbocycles. The number of hydrogen-bond acceptors (Lipinski definition) is 3. The van der Waals surface area contributed by atoms with Crippen molar-refractivity contribution < 1.29 is 8.78 Å². The van der Waals surface area contributed by atoms with Crippen LogP contribution in [0, 0.1) is 17.0 Å². The molecule has 0 saturated heterocycles. The summed E-state index contributed by atoms with van der Waals surface area (Å²) in [5, 5.41) is 9.84. The molecule has 2 nitrogen and oxygen atoms in total. The van der Waals surface area contributed by atoms with Crippen molar-refractivity contribution in [3.63, 3.8) is 0 Å². The summed E-state index contributed by atoms with van der Waals surface area (Å²) in [6.07, 6.45) is 0. The molecule has 0 aliphatic heterocycles. The number of aromatic nitrogens is 2. The fraction of sp³-hybridized carbons (Fsp3) is 0.263. The summed E-state index contributed by atoms with van der Waals surface area (Å²) in [5.74, 6) is -0.534. The molecule has 1 fully saturated rings. The molecular formula is C19H16F2N2S. The Morgan fingerprint density at radius 3 is 2.42 bits per heavy atom. The van der Waals surface area contributed by atoms with Crippen LogP contribution in [0.5, 0.6) is 0 Å². The van der Waals surface area contributed by atoms with Crippen LogP contribution in [0.4, 0.5) is 8.78 Å². The number of hydrogen-bond donors (Lipinski definition) is 0. The van der Waals surface area contributed by atoms with Gasteiger partial charge in [0.05, 0.1) is 0 Å². The highest BCUT2D eigenvalue weighted by Crippen LogP contribution is 2.70. The molecule has 1 heterocycles. The van der Waals surface area contributed by atoms with Crippen LogP contribution in [0.1, 0.15) is 36.3 Å². The van der Waals surface area contributed by atoms with Crippen molar-refractivity contribution in [1.82, 2.24) is 10.2 Å². The first-order chi connectivity index (χ1) is 11.5. The number of halogens is 2. The largest absolute Gasteiger partial charge is 0.207 e. The molecule has 1 saturated carbocycles. The van der Waals surface area contributed by atoms with Crippen LogP contribution >= 0.6 is 11.3 Å². The highest BCUT2D eigenvalue weighted by molar-refractivity contribution is 7.14. The average molecular weight is 342 g/mol. The third kappa shape index (κ3) is 2.44. The summed E-state index contributed by atoms with van der Waals surface area (Å²) >= 11 is 1.39. The van der Waals surface area contributed by atoms with Crippen LogP contribution in [0.2, 0.25) is 0 Å².